The van der Waals surface area contributed by atoms with Crippen molar-refractivity contribution in [2.75, 3.05) is 17.2 Å². The molecule has 44 heavy (non-hydrogen) atoms. The Balaban J connectivity index is 1.40. The lowest BCUT2D eigenvalue weighted by molar-refractivity contribution is -0.244. The number of pyridine rings is 2. The molecule has 1 atom stereocenters. The zero-order valence-corrected chi connectivity index (χ0v) is 24.1. The molecule has 0 amide bonds. The van der Waals surface area contributed by atoms with Crippen molar-refractivity contribution >= 4 is 33.9 Å². The number of rotatable bonds is 9. The Hall–Kier alpha value is -3.96. The van der Waals surface area contributed by atoms with Gasteiger partial charge in [-0.05, 0) is 50.8 Å². The number of fused-ring (bicyclic) bond motifs is 1. The van der Waals surface area contributed by atoms with Gasteiger partial charge in [0.25, 0.3) is 6.43 Å². The van der Waals surface area contributed by atoms with Crippen molar-refractivity contribution in [3.8, 4) is 6.07 Å². The standard InChI is InChI=1S/C29H27ClF6N8/c1-15-18(3-4-22(31)40-15)25(21-13-44(43-42-21)28(7-8-28)26(32)33)41-17-9-19-23(16(11-37)12-38-24(19)20(30)10-17)39-14-27(5-2-6-27)29(34,35)36/h3-4,9-10,12-13,25-26,41-43H,2,5-8,14H2,1H3,(H,38,39)/t25-/m0/s1. The van der Waals surface area contributed by atoms with Gasteiger partial charge in [0.1, 0.15) is 11.6 Å². The van der Waals surface area contributed by atoms with E-state index in [4.69, 9.17) is 11.6 Å². The van der Waals surface area contributed by atoms with Crippen molar-refractivity contribution in [3.63, 3.8) is 0 Å². The number of nitrogens with zero attached hydrogens (tertiary/aromatic N) is 4. The van der Waals surface area contributed by atoms with Crippen LogP contribution in [0.1, 0.15) is 55.0 Å². The highest BCUT2D eigenvalue weighted by molar-refractivity contribution is 6.35. The van der Waals surface area contributed by atoms with E-state index in [1.54, 1.807) is 19.1 Å². The second-order valence-electron chi connectivity index (χ2n) is 11.5. The van der Waals surface area contributed by atoms with Crippen LogP contribution in [0, 0.1) is 29.6 Å². The minimum Gasteiger partial charge on any atom is -0.382 e. The average molecular weight is 637 g/mol. The minimum absolute atomic E-state index is 0.0191. The highest BCUT2D eigenvalue weighted by Gasteiger charge is 2.58. The number of hydrazine groups is 2. The molecule has 3 heterocycles. The smallest absolute Gasteiger partial charge is 0.382 e. The highest BCUT2D eigenvalue weighted by Crippen LogP contribution is 2.53. The molecule has 0 spiro atoms. The van der Waals surface area contributed by atoms with E-state index in [0.29, 0.717) is 34.4 Å². The van der Waals surface area contributed by atoms with Crippen LogP contribution in [0.15, 0.2) is 42.4 Å². The summed E-state index contributed by atoms with van der Waals surface area (Å²) >= 11 is 6.61. The van der Waals surface area contributed by atoms with Crippen LogP contribution >= 0.6 is 11.6 Å². The van der Waals surface area contributed by atoms with Crippen molar-refractivity contribution in [2.24, 2.45) is 5.41 Å². The van der Waals surface area contributed by atoms with Crippen LogP contribution in [0.2, 0.25) is 5.02 Å². The molecule has 15 heteroatoms. The fraction of sp³-hybridized carbons (Fsp3) is 0.414. The number of nitriles is 1. The largest absolute Gasteiger partial charge is 0.396 e. The molecule has 8 nitrogen and oxygen atoms in total. The first-order chi connectivity index (χ1) is 20.9. The Morgan fingerprint density at radius 2 is 1.93 bits per heavy atom. The lowest BCUT2D eigenvalue weighted by Crippen LogP contribution is -2.48. The summed E-state index contributed by atoms with van der Waals surface area (Å²) in [7, 11) is 0. The molecule has 4 N–H and O–H groups in total. The summed E-state index contributed by atoms with van der Waals surface area (Å²) in [5, 5.41) is 17.7. The summed E-state index contributed by atoms with van der Waals surface area (Å²) < 4.78 is 83.3. The molecule has 2 saturated carbocycles. The number of anilines is 2. The molecule has 2 aromatic heterocycles. The van der Waals surface area contributed by atoms with Gasteiger partial charge < -0.3 is 16.1 Å². The normalized spacial score (nSPS) is 19.2. The van der Waals surface area contributed by atoms with Crippen LogP contribution in [0.4, 0.5) is 37.7 Å². The minimum atomic E-state index is -4.42. The highest BCUT2D eigenvalue weighted by atomic mass is 35.5. The molecular weight excluding hydrogens is 610 g/mol. The van der Waals surface area contributed by atoms with Crippen LogP contribution in [0.5, 0.6) is 0 Å². The van der Waals surface area contributed by atoms with Crippen LogP contribution in [-0.4, -0.2) is 39.7 Å². The Morgan fingerprint density at radius 3 is 2.52 bits per heavy atom. The van der Waals surface area contributed by atoms with Gasteiger partial charge in [0.05, 0.1) is 38.9 Å². The molecule has 6 rings (SSSR count). The second kappa shape index (κ2) is 10.9. The number of aryl methyl sites for hydroxylation is 1. The van der Waals surface area contributed by atoms with E-state index in [0.717, 1.165) is 0 Å². The van der Waals surface area contributed by atoms with E-state index < -0.39 is 42.1 Å². The summed E-state index contributed by atoms with van der Waals surface area (Å²) in [5.74, 6) is -0.699. The summed E-state index contributed by atoms with van der Waals surface area (Å²) in [6, 6.07) is 7.05. The molecule has 0 radical (unpaired) electrons. The molecule has 0 unspecified atom stereocenters. The van der Waals surface area contributed by atoms with Gasteiger partial charge in [-0.25, -0.2) is 13.8 Å². The first-order valence-electron chi connectivity index (χ1n) is 13.9. The topological polar surface area (TPSA) is 101 Å². The molecule has 2 aliphatic carbocycles. The molecule has 2 fully saturated rings. The Labute approximate surface area is 253 Å². The Morgan fingerprint density at radius 1 is 1.18 bits per heavy atom. The lowest BCUT2D eigenvalue weighted by atomic mass is 9.68. The van der Waals surface area contributed by atoms with Crippen molar-refractivity contribution in [1.82, 2.24) is 25.9 Å². The quantitative estimate of drug-likeness (QED) is 0.149. The summed E-state index contributed by atoms with van der Waals surface area (Å²) in [4.78, 5) is 8.18. The third-order valence-corrected chi connectivity index (χ3v) is 9.11. The number of benzene rings is 1. The molecule has 3 aromatic rings. The van der Waals surface area contributed by atoms with Gasteiger partial charge in [-0.3, -0.25) is 9.99 Å². The predicted octanol–water partition coefficient (Wildman–Crippen LogP) is 6.86. The number of halogens is 7. The molecule has 0 bridgehead atoms. The number of aromatic nitrogens is 2. The van der Waals surface area contributed by atoms with Crippen LogP contribution in [-0.2, 0) is 0 Å². The molecule has 1 aliphatic heterocycles. The maximum Gasteiger partial charge on any atom is 0.396 e. The van der Waals surface area contributed by atoms with Crippen molar-refractivity contribution < 1.29 is 26.3 Å². The number of nitrogens with one attached hydrogen (secondary N) is 4. The zero-order valence-electron chi connectivity index (χ0n) is 23.3. The summed E-state index contributed by atoms with van der Waals surface area (Å²) in [6.45, 7) is 1.18. The monoisotopic (exact) mass is 636 g/mol. The maximum atomic E-state index is 13.9. The number of alkyl halides is 5. The van der Waals surface area contributed by atoms with Gasteiger partial charge >= 0.3 is 6.18 Å². The Kier molecular flexibility index (Phi) is 7.44. The van der Waals surface area contributed by atoms with E-state index in [-0.39, 0.29) is 47.5 Å². The molecule has 0 saturated heterocycles. The Bertz CT molecular complexity index is 1680. The lowest BCUT2D eigenvalue weighted by Gasteiger charge is -2.43. The summed E-state index contributed by atoms with van der Waals surface area (Å²) in [6.07, 6.45) is -3.25. The van der Waals surface area contributed by atoms with E-state index >= 15 is 0 Å². The molecule has 1 aromatic carbocycles. The fourth-order valence-corrected chi connectivity index (χ4v) is 6.05. The van der Waals surface area contributed by atoms with Crippen molar-refractivity contribution in [2.45, 2.75) is 63.2 Å². The maximum absolute atomic E-state index is 13.9. The van der Waals surface area contributed by atoms with Gasteiger partial charge in [-0.1, -0.05) is 24.1 Å². The SMILES string of the molecule is Cc1nc(F)ccc1[C@H](Nc1cc(Cl)c2ncc(C#N)c(NCC3(C(F)(F)F)CCC3)c2c1)C1=CN(C2(C(F)F)CC2)NN1. The van der Waals surface area contributed by atoms with Crippen molar-refractivity contribution in [1.29, 1.82) is 5.26 Å². The number of hydrogen-bond donors (Lipinski definition) is 4. The van der Waals surface area contributed by atoms with Crippen LogP contribution in [0.3, 0.4) is 0 Å². The zero-order chi connectivity index (χ0) is 31.4. The van der Waals surface area contributed by atoms with E-state index in [1.165, 1.54) is 29.5 Å². The van der Waals surface area contributed by atoms with E-state index in [1.807, 2.05) is 6.07 Å². The number of hydrogen-bond acceptors (Lipinski definition) is 8. The first kappa shape index (κ1) is 30.1. The third-order valence-electron chi connectivity index (χ3n) is 8.82. The van der Waals surface area contributed by atoms with Gasteiger partial charge in [-0.2, -0.15) is 22.8 Å². The average Bonchev–Trinajstić information content (AvgIpc) is 3.61. The van der Waals surface area contributed by atoms with Gasteiger partial charge in [0.2, 0.25) is 5.95 Å². The van der Waals surface area contributed by atoms with Gasteiger partial charge in [0, 0.05) is 41.3 Å². The van der Waals surface area contributed by atoms with Gasteiger partial charge in [-0.15, -0.1) is 5.53 Å². The fourth-order valence-electron chi connectivity index (χ4n) is 5.78. The predicted molar refractivity (Wildman–Crippen MR) is 152 cm³/mol. The summed E-state index contributed by atoms with van der Waals surface area (Å²) in [5.41, 5.74) is 4.57. The molecule has 232 valence electrons. The van der Waals surface area contributed by atoms with Crippen molar-refractivity contribution in [3.05, 3.63) is 70.2 Å². The van der Waals surface area contributed by atoms with Crippen LogP contribution < -0.4 is 21.6 Å². The van der Waals surface area contributed by atoms with E-state index in [2.05, 4.69) is 31.6 Å². The third kappa shape index (κ3) is 5.11. The first-order valence-corrected chi connectivity index (χ1v) is 14.3. The van der Waals surface area contributed by atoms with Gasteiger partial charge in [0.15, 0.2) is 0 Å². The second-order valence-corrected chi connectivity index (χ2v) is 11.9. The van der Waals surface area contributed by atoms with Crippen LogP contribution in [0.25, 0.3) is 10.9 Å². The molecular formula is C29H27ClF6N8. The molecule has 3 aliphatic rings. The van der Waals surface area contributed by atoms with E-state index in [9.17, 15) is 31.6 Å².